The monoisotopic (exact) mass is 330 g/mol. The van der Waals surface area contributed by atoms with Gasteiger partial charge in [0.15, 0.2) is 0 Å². The number of urea groups is 1. The fourth-order valence-electron chi connectivity index (χ4n) is 2.66. The molecule has 1 aromatic carbocycles. The standard InChI is InChI=1S/C13H15ClN4O2.ClH/c14-11-5-8(15)1-2-10(11)12(19)17-3-4-18-9(7-17)6-16-13(18)20;/h1-2,5,9H,3-4,6-7,15H2,(H,16,20);1H. The first-order chi connectivity index (χ1) is 9.56. The van der Waals surface area contributed by atoms with E-state index in [0.29, 0.717) is 42.5 Å². The number of halogens is 2. The summed E-state index contributed by atoms with van der Waals surface area (Å²) in [6, 6.07) is 4.88. The molecule has 2 heterocycles. The molecule has 3 rings (SSSR count). The molecule has 0 spiro atoms. The minimum Gasteiger partial charge on any atom is -0.399 e. The molecule has 1 aromatic rings. The largest absolute Gasteiger partial charge is 0.399 e. The number of amides is 3. The van der Waals surface area contributed by atoms with Crippen LogP contribution in [0.5, 0.6) is 0 Å². The highest BCUT2D eigenvalue weighted by molar-refractivity contribution is 6.34. The average molecular weight is 331 g/mol. The smallest absolute Gasteiger partial charge is 0.317 e. The molecule has 114 valence electrons. The number of hydrogen-bond acceptors (Lipinski definition) is 3. The third-order valence-corrected chi connectivity index (χ3v) is 4.06. The lowest BCUT2D eigenvalue weighted by atomic mass is 10.1. The Morgan fingerprint density at radius 3 is 2.86 bits per heavy atom. The van der Waals surface area contributed by atoms with Crippen molar-refractivity contribution in [2.45, 2.75) is 6.04 Å². The van der Waals surface area contributed by atoms with Gasteiger partial charge in [-0.05, 0) is 18.2 Å². The van der Waals surface area contributed by atoms with Crippen LogP contribution in [0.3, 0.4) is 0 Å². The first-order valence-electron chi connectivity index (χ1n) is 6.45. The van der Waals surface area contributed by atoms with Gasteiger partial charge in [0.25, 0.3) is 5.91 Å². The SMILES string of the molecule is Cl.Nc1ccc(C(=O)N2CCN3C(=O)NCC3C2)c(Cl)c1. The molecule has 8 heteroatoms. The molecule has 0 bridgehead atoms. The van der Waals surface area contributed by atoms with Crippen LogP contribution in [-0.4, -0.2) is 54.0 Å². The van der Waals surface area contributed by atoms with Crippen molar-refractivity contribution >= 4 is 41.6 Å². The fraction of sp³-hybridized carbons (Fsp3) is 0.385. The van der Waals surface area contributed by atoms with E-state index in [1.165, 1.54) is 0 Å². The second kappa shape index (κ2) is 5.99. The highest BCUT2D eigenvalue weighted by Gasteiger charge is 2.37. The molecule has 2 saturated heterocycles. The maximum Gasteiger partial charge on any atom is 0.317 e. The Bertz CT molecular complexity index is 581. The Morgan fingerprint density at radius 1 is 1.38 bits per heavy atom. The van der Waals surface area contributed by atoms with E-state index in [4.69, 9.17) is 17.3 Å². The molecule has 0 aromatic heterocycles. The summed E-state index contributed by atoms with van der Waals surface area (Å²) >= 11 is 6.07. The Labute approximate surface area is 133 Å². The molecule has 0 aliphatic carbocycles. The van der Waals surface area contributed by atoms with Crippen molar-refractivity contribution < 1.29 is 9.59 Å². The van der Waals surface area contributed by atoms with Gasteiger partial charge in [0.1, 0.15) is 0 Å². The zero-order valence-corrected chi connectivity index (χ0v) is 12.8. The van der Waals surface area contributed by atoms with Crippen LogP contribution >= 0.6 is 24.0 Å². The molecule has 0 radical (unpaired) electrons. The summed E-state index contributed by atoms with van der Waals surface area (Å²) in [7, 11) is 0. The van der Waals surface area contributed by atoms with Gasteiger partial charge in [0, 0.05) is 31.9 Å². The molecular weight excluding hydrogens is 315 g/mol. The summed E-state index contributed by atoms with van der Waals surface area (Å²) in [4.78, 5) is 27.5. The number of nitrogen functional groups attached to an aromatic ring is 1. The quantitative estimate of drug-likeness (QED) is 0.759. The molecule has 3 N–H and O–H groups in total. The van der Waals surface area contributed by atoms with Crippen molar-refractivity contribution in [3.8, 4) is 0 Å². The van der Waals surface area contributed by atoms with Crippen LogP contribution in [0.4, 0.5) is 10.5 Å². The van der Waals surface area contributed by atoms with E-state index in [2.05, 4.69) is 5.32 Å². The lowest BCUT2D eigenvalue weighted by molar-refractivity contribution is 0.0617. The predicted octanol–water partition coefficient (Wildman–Crippen LogP) is 1.19. The van der Waals surface area contributed by atoms with Crippen LogP contribution in [0.1, 0.15) is 10.4 Å². The van der Waals surface area contributed by atoms with E-state index in [1.54, 1.807) is 28.0 Å². The van der Waals surface area contributed by atoms with E-state index < -0.39 is 0 Å². The number of benzene rings is 1. The highest BCUT2D eigenvalue weighted by atomic mass is 35.5. The number of anilines is 1. The Hall–Kier alpha value is -1.66. The maximum absolute atomic E-state index is 12.5. The van der Waals surface area contributed by atoms with E-state index in [0.717, 1.165) is 0 Å². The number of hydrogen-bond donors (Lipinski definition) is 2. The Balaban J connectivity index is 0.00000161. The van der Waals surface area contributed by atoms with Gasteiger partial charge in [-0.3, -0.25) is 4.79 Å². The Kier molecular flexibility index (Phi) is 4.49. The first-order valence-corrected chi connectivity index (χ1v) is 6.83. The van der Waals surface area contributed by atoms with Gasteiger partial charge in [0.2, 0.25) is 0 Å². The normalized spacial score (nSPS) is 20.6. The predicted molar refractivity (Wildman–Crippen MR) is 82.9 cm³/mol. The molecule has 1 atom stereocenters. The molecule has 21 heavy (non-hydrogen) atoms. The highest BCUT2D eigenvalue weighted by Crippen LogP contribution is 2.23. The van der Waals surface area contributed by atoms with Gasteiger partial charge in [0.05, 0.1) is 16.6 Å². The van der Waals surface area contributed by atoms with E-state index >= 15 is 0 Å². The number of rotatable bonds is 1. The van der Waals surface area contributed by atoms with E-state index in [-0.39, 0.29) is 30.4 Å². The van der Waals surface area contributed by atoms with Crippen molar-refractivity contribution in [2.24, 2.45) is 0 Å². The summed E-state index contributed by atoms with van der Waals surface area (Å²) < 4.78 is 0. The third-order valence-electron chi connectivity index (χ3n) is 3.74. The molecule has 2 aliphatic rings. The maximum atomic E-state index is 12.5. The zero-order valence-electron chi connectivity index (χ0n) is 11.2. The Morgan fingerprint density at radius 2 is 2.14 bits per heavy atom. The van der Waals surface area contributed by atoms with Crippen LogP contribution in [0.25, 0.3) is 0 Å². The van der Waals surface area contributed by atoms with Crippen molar-refractivity contribution in [1.29, 1.82) is 0 Å². The van der Waals surface area contributed by atoms with Crippen LogP contribution in [-0.2, 0) is 0 Å². The van der Waals surface area contributed by atoms with Crippen LogP contribution in [0.2, 0.25) is 5.02 Å². The molecule has 6 nitrogen and oxygen atoms in total. The zero-order chi connectivity index (χ0) is 14.3. The van der Waals surface area contributed by atoms with Crippen molar-refractivity contribution in [3.05, 3.63) is 28.8 Å². The summed E-state index contributed by atoms with van der Waals surface area (Å²) in [5.74, 6) is -0.117. The van der Waals surface area contributed by atoms with Gasteiger partial charge >= 0.3 is 6.03 Å². The second-order valence-corrected chi connectivity index (χ2v) is 5.43. The molecule has 2 aliphatic heterocycles. The first kappa shape index (κ1) is 15.7. The topological polar surface area (TPSA) is 78.7 Å². The summed E-state index contributed by atoms with van der Waals surface area (Å²) in [5, 5.41) is 3.15. The number of fused-ring (bicyclic) bond motifs is 1. The van der Waals surface area contributed by atoms with Gasteiger partial charge in [-0.1, -0.05) is 11.6 Å². The third kappa shape index (κ3) is 2.87. The van der Waals surface area contributed by atoms with E-state index in [1.807, 2.05) is 0 Å². The minimum absolute atomic E-state index is 0. The van der Waals surface area contributed by atoms with Gasteiger partial charge < -0.3 is 20.9 Å². The fourth-order valence-corrected chi connectivity index (χ4v) is 2.93. The van der Waals surface area contributed by atoms with Crippen molar-refractivity contribution in [3.63, 3.8) is 0 Å². The van der Waals surface area contributed by atoms with Crippen LogP contribution in [0.15, 0.2) is 18.2 Å². The second-order valence-electron chi connectivity index (χ2n) is 5.02. The number of carbonyl (C=O) groups excluding carboxylic acids is 2. The lowest BCUT2D eigenvalue weighted by Gasteiger charge is -2.36. The number of nitrogens with two attached hydrogens (primary N) is 1. The lowest BCUT2D eigenvalue weighted by Crippen LogP contribution is -2.53. The number of carbonyl (C=O) groups is 2. The summed E-state index contributed by atoms with van der Waals surface area (Å²) in [6.07, 6.45) is 0. The number of nitrogens with zero attached hydrogens (tertiary/aromatic N) is 2. The van der Waals surface area contributed by atoms with Crippen LogP contribution in [0, 0.1) is 0 Å². The van der Waals surface area contributed by atoms with Gasteiger partial charge in [-0.2, -0.15) is 0 Å². The van der Waals surface area contributed by atoms with Crippen LogP contribution < -0.4 is 11.1 Å². The van der Waals surface area contributed by atoms with Crippen molar-refractivity contribution in [1.82, 2.24) is 15.1 Å². The summed E-state index contributed by atoms with van der Waals surface area (Å²) in [6.45, 7) is 2.18. The minimum atomic E-state index is -0.117. The van der Waals surface area contributed by atoms with E-state index in [9.17, 15) is 9.59 Å². The van der Waals surface area contributed by atoms with Crippen molar-refractivity contribution in [2.75, 3.05) is 31.9 Å². The molecular formula is C13H16Cl2N4O2. The van der Waals surface area contributed by atoms with Gasteiger partial charge in [-0.15, -0.1) is 12.4 Å². The number of piperazine rings is 1. The number of nitrogens with one attached hydrogen (secondary N) is 1. The molecule has 2 fully saturated rings. The van der Waals surface area contributed by atoms with Gasteiger partial charge in [-0.25, -0.2) is 4.79 Å². The molecule has 0 saturated carbocycles. The molecule has 1 unspecified atom stereocenters. The average Bonchev–Trinajstić information content (AvgIpc) is 2.79. The summed E-state index contributed by atoms with van der Waals surface area (Å²) in [5.41, 5.74) is 6.61. The molecule has 3 amide bonds.